The molecule has 0 atom stereocenters. The smallest absolute Gasteiger partial charge is 0.224 e. The van der Waals surface area contributed by atoms with Crippen molar-refractivity contribution in [1.82, 2.24) is 19.7 Å². The molecule has 1 amide bonds. The van der Waals surface area contributed by atoms with E-state index in [0.29, 0.717) is 18.7 Å². The standard InChI is InChI=1S/C20H23BrN6O/c1-13-17(9-10-20(28)24-16-7-5-15(21)6-8-16)14(2)27(25-13)19-11-18(26(3)4)22-12-23-19/h5-8,11-12H,9-10H2,1-4H3,(H,24,28). The molecule has 7 nitrogen and oxygen atoms in total. The second-order valence-electron chi connectivity index (χ2n) is 6.75. The van der Waals surface area contributed by atoms with E-state index in [0.717, 1.165) is 32.9 Å². The first-order valence-corrected chi connectivity index (χ1v) is 9.74. The fraction of sp³-hybridized carbons (Fsp3) is 0.300. The summed E-state index contributed by atoms with van der Waals surface area (Å²) < 4.78 is 2.79. The number of aryl methyl sites for hydroxylation is 1. The van der Waals surface area contributed by atoms with Crippen LogP contribution in [-0.2, 0) is 11.2 Å². The topological polar surface area (TPSA) is 75.9 Å². The van der Waals surface area contributed by atoms with Gasteiger partial charge in [-0.3, -0.25) is 4.79 Å². The van der Waals surface area contributed by atoms with Gasteiger partial charge in [0.1, 0.15) is 12.1 Å². The number of nitrogens with zero attached hydrogens (tertiary/aromatic N) is 5. The molecule has 0 spiro atoms. The molecule has 0 bridgehead atoms. The Morgan fingerprint density at radius 1 is 1.18 bits per heavy atom. The molecule has 0 aliphatic carbocycles. The average Bonchev–Trinajstić information content (AvgIpc) is 2.96. The number of amides is 1. The maximum atomic E-state index is 12.3. The van der Waals surface area contributed by atoms with Gasteiger partial charge in [-0.2, -0.15) is 5.10 Å². The molecule has 2 aromatic heterocycles. The van der Waals surface area contributed by atoms with Gasteiger partial charge in [-0.05, 0) is 50.1 Å². The van der Waals surface area contributed by atoms with E-state index < -0.39 is 0 Å². The minimum atomic E-state index is -0.0224. The van der Waals surface area contributed by atoms with Gasteiger partial charge < -0.3 is 10.2 Å². The second kappa shape index (κ2) is 8.52. The second-order valence-corrected chi connectivity index (χ2v) is 7.66. The Hall–Kier alpha value is -2.74. The number of hydrogen-bond acceptors (Lipinski definition) is 5. The van der Waals surface area contributed by atoms with Gasteiger partial charge >= 0.3 is 0 Å². The van der Waals surface area contributed by atoms with Crippen molar-refractivity contribution in [3.8, 4) is 5.82 Å². The SMILES string of the molecule is Cc1nn(-c2cc(N(C)C)ncn2)c(C)c1CCC(=O)Nc1ccc(Br)cc1. The minimum Gasteiger partial charge on any atom is -0.363 e. The summed E-state index contributed by atoms with van der Waals surface area (Å²) in [5, 5.41) is 7.55. The third-order valence-corrected chi connectivity index (χ3v) is 5.01. The van der Waals surface area contributed by atoms with Crippen LogP contribution in [0.15, 0.2) is 41.1 Å². The van der Waals surface area contributed by atoms with E-state index in [4.69, 9.17) is 0 Å². The van der Waals surface area contributed by atoms with E-state index >= 15 is 0 Å². The predicted octanol–water partition coefficient (Wildman–Crippen LogP) is 3.68. The molecule has 1 aromatic carbocycles. The third-order valence-electron chi connectivity index (χ3n) is 4.48. The molecule has 3 rings (SSSR count). The van der Waals surface area contributed by atoms with Gasteiger partial charge in [-0.15, -0.1) is 0 Å². The quantitative estimate of drug-likeness (QED) is 0.629. The molecule has 0 radical (unpaired) electrons. The van der Waals surface area contributed by atoms with Crippen molar-refractivity contribution in [1.29, 1.82) is 0 Å². The lowest BCUT2D eigenvalue weighted by Gasteiger charge is -2.12. The third kappa shape index (κ3) is 4.56. The van der Waals surface area contributed by atoms with Crippen molar-refractivity contribution < 1.29 is 4.79 Å². The highest BCUT2D eigenvalue weighted by Gasteiger charge is 2.15. The summed E-state index contributed by atoms with van der Waals surface area (Å²) in [5.74, 6) is 1.50. The van der Waals surface area contributed by atoms with Crippen LogP contribution in [0.1, 0.15) is 23.4 Å². The van der Waals surface area contributed by atoms with Gasteiger partial charge in [-0.25, -0.2) is 14.6 Å². The molecule has 0 aliphatic rings. The molecule has 0 fully saturated rings. The van der Waals surface area contributed by atoms with Crippen LogP contribution in [-0.4, -0.2) is 39.8 Å². The number of carbonyl (C=O) groups excluding carboxylic acids is 1. The fourth-order valence-corrected chi connectivity index (χ4v) is 3.22. The number of rotatable bonds is 6. The van der Waals surface area contributed by atoms with E-state index in [9.17, 15) is 4.79 Å². The lowest BCUT2D eigenvalue weighted by Crippen LogP contribution is -2.13. The minimum absolute atomic E-state index is 0.0224. The zero-order valence-corrected chi connectivity index (χ0v) is 18.0. The summed E-state index contributed by atoms with van der Waals surface area (Å²) in [7, 11) is 3.87. The number of halogens is 1. The van der Waals surface area contributed by atoms with E-state index in [2.05, 4.69) is 36.3 Å². The van der Waals surface area contributed by atoms with Crippen LogP contribution in [0.3, 0.4) is 0 Å². The van der Waals surface area contributed by atoms with E-state index in [1.165, 1.54) is 6.33 Å². The highest BCUT2D eigenvalue weighted by atomic mass is 79.9. The number of aromatic nitrogens is 4. The maximum Gasteiger partial charge on any atom is 0.224 e. The Bertz CT molecular complexity index is 981. The summed E-state index contributed by atoms with van der Waals surface area (Å²) in [5.41, 5.74) is 3.74. The highest BCUT2D eigenvalue weighted by Crippen LogP contribution is 2.20. The molecule has 0 unspecified atom stereocenters. The maximum absolute atomic E-state index is 12.3. The van der Waals surface area contributed by atoms with Gasteiger partial charge in [0.15, 0.2) is 5.82 Å². The van der Waals surface area contributed by atoms with Gasteiger partial charge in [0.2, 0.25) is 5.91 Å². The van der Waals surface area contributed by atoms with Crippen molar-refractivity contribution in [2.45, 2.75) is 26.7 Å². The molecule has 1 N–H and O–H groups in total. The van der Waals surface area contributed by atoms with E-state index in [1.807, 2.05) is 67.9 Å². The average molecular weight is 443 g/mol. The van der Waals surface area contributed by atoms with Crippen LogP contribution in [0, 0.1) is 13.8 Å². The Kier molecular flexibility index (Phi) is 6.08. The first-order valence-electron chi connectivity index (χ1n) is 8.95. The summed E-state index contributed by atoms with van der Waals surface area (Å²) in [4.78, 5) is 22.8. The molecule has 146 valence electrons. The van der Waals surface area contributed by atoms with Crippen LogP contribution < -0.4 is 10.2 Å². The van der Waals surface area contributed by atoms with Crippen LogP contribution in [0.2, 0.25) is 0 Å². The van der Waals surface area contributed by atoms with Crippen molar-refractivity contribution in [3.05, 3.63) is 58.1 Å². The summed E-state index contributed by atoms with van der Waals surface area (Å²) in [6, 6.07) is 9.43. The molecule has 0 saturated heterocycles. The number of benzene rings is 1. The number of carbonyl (C=O) groups is 1. The van der Waals surface area contributed by atoms with Crippen LogP contribution in [0.4, 0.5) is 11.5 Å². The Balaban J connectivity index is 1.72. The van der Waals surface area contributed by atoms with E-state index in [1.54, 1.807) is 0 Å². The molecule has 2 heterocycles. The molecular formula is C20H23BrN6O. The van der Waals surface area contributed by atoms with Crippen LogP contribution >= 0.6 is 15.9 Å². The van der Waals surface area contributed by atoms with Crippen molar-refractivity contribution in [2.24, 2.45) is 0 Å². The fourth-order valence-electron chi connectivity index (χ4n) is 2.95. The molecule has 28 heavy (non-hydrogen) atoms. The molecular weight excluding hydrogens is 420 g/mol. The Morgan fingerprint density at radius 3 is 2.57 bits per heavy atom. The summed E-state index contributed by atoms with van der Waals surface area (Å²) >= 11 is 3.39. The van der Waals surface area contributed by atoms with Gasteiger partial charge in [0.25, 0.3) is 0 Å². The first-order chi connectivity index (χ1) is 13.3. The lowest BCUT2D eigenvalue weighted by atomic mass is 10.1. The first kappa shape index (κ1) is 20.0. The van der Waals surface area contributed by atoms with E-state index in [-0.39, 0.29) is 5.91 Å². The zero-order valence-electron chi connectivity index (χ0n) is 16.4. The normalized spacial score (nSPS) is 10.8. The Morgan fingerprint density at radius 2 is 1.89 bits per heavy atom. The highest BCUT2D eigenvalue weighted by molar-refractivity contribution is 9.10. The molecule has 0 aliphatic heterocycles. The summed E-state index contributed by atoms with van der Waals surface area (Å²) in [6.45, 7) is 3.96. The van der Waals surface area contributed by atoms with Crippen molar-refractivity contribution in [2.75, 3.05) is 24.3 Å². The van der Waals surface area contributed by atoms with Gasteiger partial charge in [0, 0.05) is 42.4 Å². The molecule has 8 heteroatoms. The lowest BCUT2D eigenvalue weighted by molar-refractivity contribution is -0.116. The van der Waals surface area contributed by atoms with Crippen molar-refractivity contribution in [3.63, 3.8) is 0 Å². The van der Waals surface area contributed by atoms with Crippen molar-refractivity contribution >= 4 is 33.3 Å². The number of nitrogens with one attached hydrogen (secondary N) is 1. The van der Waals surface area contributed by atoms with Gasteiger partial charge in [-0.1, -0.05) is 15.9 Å². The number of anilines is 2. The van der Waals surface area contributed by atoms with Crippen LogP contribution in [0.25, 0.3) is 5.82 Å². The summed E-state index contributed by atoms with van der Waals surface area (Å²) in [6.07, 6.45) is 2.54. The van der Waals surface area contributed by atoms with Gasteiger partial charge in [0.05, 0.1) is 5.69 Å². The number of hydrogen-bond donors (Lipinski definition) is 1. The largest absolute Gasteiger partial charge is 0.363 e. The monoisotopic (exact) mass is 442 g/mol. The Labute approximate surface area is 172 Å². The zero-order chi connectivity index (χ0) is 20.3. The predicted molar refractivity (Wildman–Crippen MR) is 114 cm³/mol. The molecule has 0 saturated carbocycles. The van der Waals surface area contributed by atoms with Crippen LogP contribution in [0.5, 0.6) is 0 Å². The molecule has 3 aromatic rings.